The van der Waals surface area contributed by atoms with Crippen molar-refractivity contribution >= 4 is 58.4 Å². The lowest BCUT2D eigenvalue weighted by molar-refractivity contribution is 0.660. The molecule has 10 rings (SSSR count). The van der Waals surface area contributed by atoms with E-state index < -0.39 is 0 Å². The molecule has 0 nitrogen and oxygen atoms in total. The molecule has 0 spiro atoms. The van der Waals surface area contributed by atoms with Crippen LogP contribution >= 0.6 is 0 Å². The van der Waals surface area contributed by atoms with E-state index in [1.807, 2.05) is 0 Å². The summed E-state index contributed by atoms with van der Waals surface area (Å²) in [6.07, 6.45) is 4.61. The quantitative estimate of drug-likeness (QED) is 0.106. The van der Waals surface area contributed by atoms with E-state index in [0.717, 1.165) is 0 Å². The second kappa shape index (κ2) is 15.2. The number of hydrogen-bond donors (Lipinski definition) is 0. The number of fused-ring (bicyclic) bond motifs is 6. The molecule has 300 valence electrons. The van der Waals surface area contributed by atoms with Crippen molar-refractivity contribution in [3.05, 3.63) is 225 Å². The summed E-state index contributed by atoms with van der Waals surface area (Å²) in [5.41, 5.74) is 26.5. The number of hydrogen-bond acceptors (Lipinski definition) is 0. The lowest BCUT2D eigenvalue weighted by atomic mass is 9.36. The van der Waals surface area contributed by atoms with E-state index >= 15 is 0 Å². The zero-order chi connectivity index (χ0) is 42.9. The molecule has 0 amide bonds. The summed E-state index contributed by atoms with van der Waals surface area (Å²) in [5, 5.41) is 0. The topological polar surface area (TPSA) is 0 Å². The van der Waals surface area contributed by atoms with Crippen LogP contribution in [-0.4, -0.2) is 13.4 Å². The Bertz CT molecular complexity index is 2930. The number of aryl methyl sites for hydroxylation is 4. The molecule has 0 atom stereocenters. The van der Waals surface area contributed by atoms with Gasteiger partial charge in [-0.05, 0) is 83.3 Å². The van der Waals surface area contributed by atoms with Gasteiger partial charge in [0.1, 0.15) is 0 Å². The lowest BCUT2D eigenvalue weighted by Gasteiger charge is -2.24. The highest BCUT2D eigenvalue weighted by atomic mass is 14.4. The molecule has 0 N–H and O–H groups in total. The van der Waals surface area contributed by atoms with Gasteiger partial charge in [0.15, 0.2) is 0 Å². The van der Waals surface area contributed by atoms with Crippen LogP contribution in [0.15, 0.2) is 170 Å². The fraction of sp³-hybridized carbons (Fsp3) is 0.167. The van der Waals surface area contributed by atoms with E-state index in [2.05, 4.69) is 237 Å². The number of rotatable bonds is 8. The predicted molar refractivity (Wildman–Crippen MR) is 271 cm³/mol. The molecule has 0 bridgehead atoms. The molecule has 2 aliphatic rings. The van der Waals surface area contributed by atoms with Crippen LogP contribution in [-0.2, 0) is 10.8 Å². The molecule has 0 fully saturated rings. The third-order valence-corrected chi connectivity index (χ3v) is 14.0. The Balaban J connectivity index is 0.951. The van der Waals surface area contributed by atoms with Crippen molar-refractivity contribution < 1.29 is 0 Å². The van der Waals surface area contributed by atoms with E-state index in [9.17, 15) is 0 Å². The third kappa shape index (κ3) is 6.91. The van der Waals surface area contributed by atoms with Crippen LogP contribution in [0.1, 0.15) is 83.3 Å². The monoisotopic (exact) mass is 796 g/mol. The van der Waals surface area contributed by atoms with Crippen LogP contribution < -0.4 is 32.8 Å². The van der Waals surface area contributed by atoms with Crippen molar-refractivity contribution in [1.82, 2.24) is 0 Å². The molecule has 2 heteroatoms. The van der Waals surface area contributed by atoms with Crippen LogP contribution in [0, 0.1) is 27.7 Å². The van der Waals surface area contributed by atoms with E-state index in [0.29, 0.717) is 0 Å². The van der Waals surface area contributed by atoms with Gasteiger partial charge in [0.25, 0.3) is 0 Å². The fourth-order valence-corrected chi connectivity index (χ4v) is 11.1. The van der Waals surface area contributed by atoms with Crippen LogP contribution in [0.4, 0.5) is 0 Å². The molecule has 8 aromatic rings. The molecule has 0 aliphatic heterocycles. The van der Waals surface area contributed by atoms with Gasteiger partial charge in [0.2, 0.25) is 13.4 Å². The molecular weight excluding hydrogens is 742 g/mol. The van der Waals surface area contributed by atoms with Crippen molar-refractivity contribution in [3.63, 3.8) is 0 Å². The first-order chi connectivity index (χ1) is 29.8. The Kier molecular flexibility index (Phi) is 9.75. The second-order valence-electron chi connectivity index (χ2n) is 19.3. The molecule has 0 saturated heterocycles. The highest BCUT2D eigenvalue weighted by Crippen LogP contribution is 2.50. The Morgan fingerprint density at radius 3 is 1.00 bits per heavy atom. The standard InChI is InChI=1S/C60H54B2/c1-39-29-40(2)32-49(31-39)62(50-33-41(3)30-42(4)34-50)48-24-28-54-52-26-22-44(36-56(52)60(7,8)58(54)38-48)20-19-43-21-25-51-53-27-23-47(37-57(53)59(5,6)55(51)35-43)61(45-15-11-9-12-16-45)46-17-13-10-14-18-46/h9-38H,1-8H3. The summed E-state index contributed by atoms with van der Waals surface area (Å²) in [4.78, 5) is 0. The Morgan fingerprint density at radius 1 is 0.306 bits per heavy atom. The Labute approximate surface area is 370 Å². The first-order valence-corrected chi connectivity index (χ1v) is 22.4. The van der Waals surface area contributed by atoms with Crippen molar-refractivity contribution in [3.8, 4) is 22.3 Å². The maximum Gasteiger partial charge on any atom is 0.241 e. The van der Waals surface area contributed by atoms with E-state index in [4.69, 9.17) is 0 Å². The van der Waals surface area contributed by atoms with Gasteiger partial charge in [-0.2, -0.15) is 0 Å². The molecule has 2 aliphatic carbocycles. The summed E-state index contributed by atoms with van der Waals surface area (Å²) < 4.78 is 0. The Hall–Kier alpha value is -6.37. The van der Waals surface area contributed by atoms with Gasteiger partial charge in [0, 0.05) is 10.8 Å². The lowest BCUT2D eigenvalue weighted by Crippen LogP contribution is -2.52. The fourth-order valence-electron chi connectivity index (χ4n) is 11.1. The molecule has 0 radical (unpaired) electrons. The average Bonchev–Trinajstić information content (AvgIpc) is 3.61. The maximum absolute atomic E-state index is 2.52. The first-order valence-electron chi connectivity index (χ1n) is 22.4. The van der Waals surface area contributed by atoms with E-state index in [1.165, 1.54) is 111 Å². The van der Waals surface area contributed by atoms with Crippen LogP contribution in [0.3, 0.4) is 0 Å². The molecular formula is C60H54B2. The smallest absolute Gasteiger partial charge is 0.0687 e. The van der Waals surface area contributed by atoms with Crippen molar-refractivity contribution in [1.29, 1.82) is 0 Å². The van der Waals surface area contributed by atoms with E-state index in [1.54, 1.807) is 0 Å². The van der Waals surface area contributed by atoms with Gasteiger partial charge >= 0.3 is 0 Å². The van der Waals surface area contributed by atoms with E-state index in [-0.39, 0.29) is 24.3 Å². The third-order valence-electron chi connectivity index (χ3n) is 14.0. The first kappa shape index (κ1) is 39.7. The van der Waals surface area contributed by atoms with Crippen molar-refractivity contribution in [2.45, 2.75) is 66.2 Å². The van der Waals surface area contributed by atoms with Gasteiger partial charge in [-0.1, -0.05) is 265 Å². The molecule has 0 unspecified atom stereocenters. The average molecular weight is 797 g/mol. The largest absolute Gasteiger partial charge is 0.241 e. The highest BCUT2D eigenvalue weighted by Gasteiger charge is 2.38. The van der Waals surface area contributed by atoms with Gasteiger partial charge in [0.05, 0.1) is 0 Å². The number of benzene rings is 8. The minimum Gasteiger partial charge on any atom is -0.0687 e. The van der Waals surface area contributed by atoms with Crippen LogP contribution in [0.25, 0.3) is 34.4 Å². The molecule has 0 heterocycles. The minimum absolute atomic E-state index is 0.125. The SMILES string of the molecule is Cc1cc(C)cc(B(c2cc(C)cc(C)c2)c2ccc3c(c2)C(C)(C)c2cc(C=Cc4ccc5c(c4)C(C)(C)c4cc(B(c6ccccc6)c6ccccc6)ccc4-5)ccc2-3)c1. The highest BCUT2D eigenvalue weighted by molar-refractivity contribution is 6.96. The summed E-state index contributed by atoms with van der Waals surface area (Å²) >= 11 is 0. The maximum atomic E-state index is 2.52. The predicted octanol–water partition coefficient (Wildman–Crippen LogP) is 10.7. The van der Waals surface area contributed by atoms with Gasteiger partial charge in [-0.3, -0.25) is 0 Å². The summed E-state index contributed by atoms with van der Waals surface area (Å²) in [7, 11) is 0. The molecule has 0 aromatic heterocycles. The van der Waals surface area contributed by atoms with Crippen LogP contribution in [0.5, 0.6) is 0 Å². The zero-order valence-electron chi connectivity index (χ0n) is 37.5. The van der Waals surface area contributed by atoms with Gasteiger partial charge in [-0.15, -0.1) is 0 Å². The minimum atomic E-state index is -0.137. The van der Waals surface area contributed by atoms with Crippen molar-refractivity contribution in [2.75, 3.05) is 0 Å². The zero-order valence-corrected chi connectivity index (χ0v) is 37.5. The second-order valence-corrected chi connectivity index (χ2v) is 19.3. The Morgan fingerprint density at radius 2 is 0.629 bits per heavy atom. The normalized spacial score (nSPS) is 14.0. The van der Waals surface area contributed by atoms with Gasteiger partial charge in [-0.25, -0.2) is 0 Å². The summed E-state index contributed by atoms with van der Waals surface area (Å²) in [5.74, 6) is 0. The summed E-state index contributed by atoms with van der Waals surface area (Å²) in [6.45, 7) is 18.8. The molecule has 8 aromatic carbocycles. The van der Waals surface area contributed by atoms with Gasteiger partial charge < -0.3 is 0 Å². The molecule has 62 heavy (non-hydrogen) atoms. The summed E-state index contributed by atoms with van der Waals surface area (Å²) in [6, 6.07) is 64.6. The van der Waals surface area contributed by atoms with Crippen LogP contribution in [0.2, 0.25) is 0 Å². The van der Waals surface area contributed by atoms with Crippen molar-refractivity contribution in [2.24, 2.45) is 0 Å². The molecule has 0 saturated carbocycles.